The summed E-state index contributed by atoms with van der Waals surface area (Å²) in [6, 6.07) is 12.3. The SMILES string of the molecule is Cc1ccccc1.O=[N+]([O-])c1ccc(NS(=O)(=O)O)c2nonc12. The number of rotatable bonds is 3. The maximum Gasteiger partial charge on any atom is 0.357 e. The summed E-state index contributed by atoms with van der Waals surface area (Å²) >= 11 is 0. The third-order valence-corrected chi connectivity index (χ3v) is 3.25. The fourth-order valence-electron chi connectivity index (χ4n) is 1.76. The van der Waals surface area contributed by atoms with Gasteiger partial charge in [0.15, 0.2) is 5.52 Å². The van der Waals surface area contributed by atoms with Crippen LogP contribution >= 0.6 is 0 Å². The fourth-order valence-corrected chi connectivity index (χ4v) is 2.20. The molecular formula is C13H12N4O6S. The van der Waals surface area contributed by atoms with Crippen molar-refractivity contribution in [3.8, 4) is 0 Å². The standard InChI is InChI=1S/C7H8.C6H4N4O6S/c1-7-5-3-2-4-6-7;11-10(12)4-2-1-3(9-17(13,14)15)5-6(4)8-16-7-5/h2-6H,1H3;1-2,9H,(H,13,14,15). The summed E-state index contributed by atoms with van der Waals surface area (Å²) in [7, 11) is -4.51. The summed E-state index contributed by atoms with van der Waals surface area (Å²) < 4.78 is 35.8. The highest BCUT2D eigenvalue weighted by Gasteiger charge is 2.21. The summed E-state index contributed by atoms with van der Waals surface area (Å²) in [6.07, 6.45) is 0. The Kier molecular flexibility index (Phi) is 5.06. The van der Waals surface area contributed by atoms with Crippen LogP contribution in [0.4, 0.5) is 11.4 Å². The van der Waals surface area contributed by atoms with Gasteiger partial charge in [0.2, 0.25) is 5.52 Å². The first-order valence-electron chi connectivity index (χ1n) is 6.44. The average Bonchev–Trinajstić information content (AvgIpc) is 2.97. The Labute approximate surface area is 136 Å². The minimum Gasteiger partial charge on any atom is -0.269 e. The monoisotopic (exact) mass is 352 g/mol. The minimum absolute atomic E-state index is 0.170. The van der Waals surface area contributed by atoms with E-state index in [4.69, 9.17) is 4.55 Å². The number of nitrogens with zero attached hydrogens (tertiary/aromatic N) is 3. The van der Waals surface area contributed by atoms with Crippen LogP contribution in [-0.4, -0.2) is 28.2 Å². The van der Waals surface area contributed by atoms with Gasteiger partial charge in [-0.25, -0.2) is 4.63 Å². The number of nitrogens with one attached hydrogen (secondary N) is 1. The number of anilines is 1. The highest BCUT2D eigenvalue weighted by atomic mass is 32.2. The molecule has 0 bridgehead atoms. The Hall–Kier alpha value is -3.05. The van der Waals surface area contributed by atoms with Gasteiger partial charge in [0, 0.05) is 6.07 Å². The molecular weight excluding hydrogens is 340 g/mol. The van der Waals surface area contributed by atoms with Crippen LogP contribution in [0.15, 0.2) is 47.1 Å². The predicted molar refractivity (Wildman–Crippen MR) is 84.8 cm³/mol. The maximum atomic E-state index is 10.6. The van der Waals surface area contributed by atoms with Gasteiger partial charge in [0.05, 0.1) is 10.6 Å². The summed E-state index contributed by atoms with van der Waals surface area (Å²) in [5.41, 5.74) is 0.375. The van der Waals surface area contributed by atoms with Gasteiger partial charge in [-0.3, -0.25) is 19.4 Å². The van der Waals surface area contributed by atoms with Crippen molar-refractivity contribution in [2.24, 2.45) is 0 Å². The van der Waals surface area contributed by atoms with Crippen molar-refractivity contribution >= 4 is 32.7 Å². The molecule has 0 unspecified atom stereocenters. The molecule has 2 N–H and O–H groups in total. The molecule has 0 radical (unpaired) electrons. The zero-order chi connectivity index (χ0) is 17.7. The van der Waals surface area contributed by atoms with Gasteiger partial charge < -0.3 is 0 Å². The molecule has 0 spiro atoms. The predicted octanol–water partition coefficient (Wildman–Crippen LogP) is 2.34. The molecule has 10 nitrogen and oxygen atoms in total. The van der Waals surface area contributed by atoms with Crippen LogP contribution in [0.2, 0.25) is 0 Å². The lowest BCUT2D eigenvalue weighted by Gasteiger charge is -2.01. The zero-order valence-electron chi connectivity index (χ0n) is 12.3. The third-order valence-electron chi connectivity index (χ3n) is 2.77. The number of benzene rings is 2. The van der Waals surface area contributed by atoms with Gasteiger partial charge in [0.1, 0.15) is 0 Å². The molecule has 126 valence electrons. The van der Waals surface area contributed by atoms with Crippen molar-refractivity contribution in [1.29, 1.82) is 0 Å². The van der Waals surface area contributed by atoms with Crippen LogP contribution in [0.25, 0.3) is 11.0 Å². The van der Waals surface area contributed by atoms with E-state index in [0.717, 1.165) is 12.1 Å². The second kappa shape index (κ2) is 7.02. The van der Waals surface area contributed by atoms with E-state index >= 15 is 0 Å². The van der Waals surface area contributed by atoms with Gasteiger partial charge >= 0.3 is 16.0 Å². The van der Waals surface area contributed by atoms with E-state index in [9.17, 15) is 18.5 Å². The quantitative estimate of drug-likeness (QED) is 0.414. The van der Waals surface area contributed by atoms with Crippen LogP contribution in [0.5, 0.6) is 0 Å². The van der Waals surface area contributed by atoms with E-state index in [0.29, 0.717) is 0 Å². The van der Waals surface area contributed by atoms with E-state index < -0.39 is 15.2 Å². The van der Waals surface area contributed by atoms with Crippen LogP contribution in [0.3, 0.4) is 0 Å². The van der Waals surface area contributed by atoms with Gasteiger partial charge in [-0.15, -0.1) is 0 Å². The van der Waals surface area contributed by atoms with E-state index in [1.165, 1.54) is 5.56 Å². The van der Waals surface area contributed by atoms with Crippen LogP contribution in [0, 0.1) is 17.0 Å². The zero-order valence-corrected chi connectivity index (χ0v) is 13.1. The largest absolute Gasteiger partial charge is 0.357 e. The fraction of sp³-hybridized carbons (Fsp3) is 0.0769. The second-order valence-corrected chi connectivity index (χ2v) is 5.74. The summed E-state index contributed by atoms with van der Waals surface area (Å²) in [4.78, 5) is 9.90. The number of nitro groups is 1. The van der Waals surface area contributed by atoms with E-state index in [1.54, 1.807) is 4.72 Å². The smallest absolute Gasteiger partial charge is 0.269 e. The Morgan fingerprint density at radius 3 is 2.25 bits per heavy atom. The molecule has 0 amide bonds. The van der Waals surface area contributed by atoms with E-state index in [2.05, 4.69) is 34.0 Å². The molecule has 3 rings (SSSR count). The normalized spacial score (nSPS) is 10.8. The minimum atomic E-state index is -4.51. The summed E-state index contributed by atoms with van der Waals surface area (Å²) in [5.74, 6) is 0. The first-order chi connectivity index (χ1) is 11.3. The van der Waals surface area contributed by atoms with Crippen molar-refractivity contribution in [2.45, 2.75) is 6.92 Å². The number of nitro benzene ring substituents is 1. The van der Waals surface area contributed by atoms with E-state index in [1.807, 2.05) is 18.2 Å². The van der Waals surface area contributed by atoms with Crippen LogP contribution < -0.4 is 4.72 Å². The number of aryl methyl sites for hydroxylation is 1. The molecule has 0 aliphatic heterocycles. The topological polar surface area (TPSA) is 148 Å². The van der Waals surface area contributed by atoms with Crippen molar-refractivity contribution in [3.05, 3.63) is 58.1 Å². The molecule has 24 heavy (non-hydrogen) atoms. The molecule has 0 atom stereocenters. The molecule has 1 heterocycles. The van der Waals surface area contributed by atoms with Gasteiger partial charge in [-0.2, -0.15) is 8.42 Å². The Bertz CT molecular complexity index is 955. The van der Waals surface area contributed by atoms with Gasteiger partial charge in [0.25, 0.3) is 0 Å². The maximum absolute atomic E-state index is 10.6. The first kappa shape index (κ1) is 17.3. The average molecular weight is 352 g/mol. The second-order valence-electron chi connectivity index (χ2n) is 4.58. The Balaban J connectivity index is 0.000000249. The highest BCUT2D eigenvalue weighted by Crippen LogP contribution is 2.28. The molecule has 0 saturated carbocycles. The first-order valence-corrected chi connectivity index (χ1v) is 7.88. The summed E-state index contributed by atoms with van der Waals surface area (Å²) in [6.45, 7) is 2.08. The molecule has 0 fully saturated rings. The number of aromatic nitrogens is 2. The Morgan fingerprint density at radius 1 is 1.12 bits per heavy atom. The van der Waals surface area contributed by atoms with Crippen LogP contribution in [0.1, 0.15) is 5.56 Å². The molecule has 0 aliphatic carbocycles. The van der Waals surface area contributed by atoms with Gasteiger partial charge in [-0.05, 0) is 23.3 Å². The molecule has 3 aromatic rings. The lowest BCUT2D eigenvalue weighted by atomic mass is 10.2. The lowest BCUT2D eigenvalue weighted by Crippen LogP contribution is -2.10. The Morgan fingerprint density at radius 2 is 1.75 bits per heavy atom. The highest BCUT2D eigenvalue weighted by molar-refractivity contribution is 7.87. The molecule has 11 heteroatoms. The van der Waals surface area contributed by atoms with Crippen LogP contribution in [-0.2, 0) is 10.3 Å². The third kappa shape index (κ3) is 4.47. The number of hydrogen-bond donors (Lipinski definition) is 2. The van der Waals surface area contributed by atoms with Gasteiger partial charge in [-0.1, -0.05) is 35.9 Å². The van der Waals surface area contributed by atoms with Crippen molar-refractivity contribution in [2.75, 3.05) is 4.72 Å². The summed E-state index contributed by atoms with van der Waals surface area (Å²) in [5, 5.41) is 17.2. The number of fused-ring (bicyclic) bond motifs is 1. The van der Waals surface area contributed by atoms with Crippen molar-refractivity contribution in [1.82, 2.24) is 10.3 Å². The molecule has 1 aromatic heterocycles. The van der Waals surface area contributed by atoms with Crippen molar-refractivity contribution in [3.63, 3.8) is 0 Å². The van der Waals surface area contributed by atoms with E-state index in [-0.39, 0.29) is 22.4 Å². The molecule has 2 aromatic carbocycles. The molecule has 0 aliphatic rings. The number of non-ortho nitro benzene ring substituents is 1. The molecule has 0 saturated heterocycles. The van der Waals surface area contributed by atoms with Crippen molar-refractivity contribution < 1.29 is 22.5 Å². The number of hydrogen-bond acceptors (Lipinski definition) is 7. The lowest BCUT2D eigenvalue weighted by molar-refractivity contribution is -0.383.